The van der Waals surface area contributed by atoms with Crippen LogP contribution in [-0.4, -0.2) is 19.1 Å². The van der Waals surface area contributed by atoms with Crippen LogP contribution >= 0.6 is 0 Å². The molecule has 0 aliphatic carbocycles. The van der Waals surface area contributed by atoms with Crippen LogP contribution in [0.15, 0.2) is 122 Å². The molecule has 47 heavy (non-hydrogen) atoms. The molecule has 0 unspecified atom stereocenters. The van der Waals surface area contributed by atoms with Crippen LogP contribution in [0.3, 0.4) is 0 Å². The van der Waals surface area contributed by atoms with Gasteiger partial charge in [0, 0.05) is 23.8 Å². The predicted molar refractivity (Wildman–Crippen MR) is 184 cm³/mol. The molecule has 0 atom stereocenters. The second-order valence-corrected chi connectivity index (χ2v) is 13.3. The van der Waals surface area contributed by atoms with Gasteiger partial charge in [0.2, 0.25) is 0 Å². The van der Waals surface area contributed by atoms with Gasteiger partial charge in [0.05, 0.1) is 16.8 Å². The van der Waals surface area contributed by atoms with Crippen LogP contribution in [-0.2, 0) is 27.9 Å². The number of imidazole rings is 2. The maximum Gasteiger partial charge on any atom is 2.00 e. The third-order valence-corrected chi connectivity index (χ3v) is 9.59. The number of hydrogen-bond donors (Lipinski definition) is 0. The van der Waals surface area contributed by atoms with Crippen LogP contribution in [0.4, 0.5) is 0 Å². The fourth-order valence-electron chi connectivity index (χ4n) is 7.25. The van der Waals surface area contributed by atoms with Crippen LogP contribution < -0.4 is 9.97 Å². The Morgan fingerprint density at radius 1 is 0.468 bits per heavy atom. The van der Waals surface area contributed by atoms with Gasteiger partial charge in [-0.05, 0) is 65.1 Å². The Labute approximate surface area is 284 Å². The van der Waals surface area contributed by atoms with Gasteiger partial charge in [-0.3, -0.25) is 0 Å². The van der Waals surface area contributed by atoms with Crippen molar-refractivity contribution in [1.29, 1.82) is 0 Å². The Balaban J connectivity index is 0.00000324. The van der Waals surface area contributed by atoms with Crippen molar-refractivity contribution in [2.75, 3.05) is 0 Å². The Kier molecular flexibility index (Phi) is 6.52. The zero-order valence-electron chi connectivity index (χ0n) is 26.5. The number of nitrogens with zero attached hydrogens (tertiary/aromatic N) is 6. The molecule has 0 N–H and O–H groups in total. The van der Waals surface area contributed by atoms with Gasteiger partial charge in [-0.15, -0.1) is 22.8 Å². The molecule has 9 rings (SSSR count). The largest absolute Gasteiger partial charge is 2.00 e. The smallest absolute Gasteiger partial charge is 0.658 e. The van der Waals surface area contributed by atoms with Crippen LogP contribution in [0.25, 0.3) is 55.7 Å². The van der Waals surface area contributed by atoms with Gasteiger partial charge in [0.15, 0.2) is 0 Å². The first-order valence-corrected chi connectivity index (χ1v) is 15.8. The van der Waals surface area contributed by atoms with E-state index < -0.39 is 10.8 Å². The quantitative estimate of drug-likeness (QED) is 0.174. The fraction of sp³-hybridized carbons (Fsp3) is 0.150. The van der Waals surface area contributed by atoms with Crippen LogP contribution in [0.2, 0.25) is 0 Å². The summed E-state index contributed by atoms with van der Waals surface area (Å²) in [5.74, 6) is 1.77. The van der Waals surface area contributed by atoms with E-state index in [1.165, 1.54) is 0 Å². The standard InChI is InChI=1S/C40H32N6.Cu/c1-39(2)35-29-21-13-11-19-27(29)33(43-35)31-23-45(25-15-7-5-8-16-25)37(41-31)40(3,4)38-42-32(24-46(38)26-17-9-6-10-18-26)34-28-20-12-14-22-30(28)36(39)44-34;/h5-24H,1-4H3;/q-2;+2. The average Bonchev–Trinajstić information content (AvgIpc) is 3.88. The van der Waals surface area contributed by atoms with Crippen LogP contribution in [0, 0.1) is 0 Å². The molecule has 233 valence electrons. The summed E-state index contributed by atoms with van der Waals surface area (Å²) in [6, 6.07) is 37.9. The summed E-state index contributed by atoms with van der Waals surface area (Å²) in [7, 11) is 0. The van der Waals surface area contributed by atoms with E-state index in [4.69, 9.17) is 19.9 Å². The minimum atomic E-state index is -0.623. The molecular formula is C40H32CuN6. The van der Waals surface area contributed by atoms with Crippen LogP contribution in [0.1, 0.15) is 50.7 Å². The van der Waals surface area contributed by atoms with Gasteiger partial charge in [-0.2, -0.15) is 0 Å². The normalized spacial score (nSPS) is 14.6. The topological polar surface area (TPSA) is 63.8 Å². The van der Waals surface area contributed by atoms with Gasteiger partial charge in [-0.25, -0.2) is 9.97 Å². The maximum absolute atomic E-state index is 5.44. The molecule has 1 radical (unpaired) electrons. The molecule has 0 fully saturated rings. The molecule has 0 saturated carbocycles. The van der Waals surface area contributed by atoms with Crippen molar-refractivity contribution >= 4 is 21.5 Å². The Bertz CT molecular complexity index is 2250. The van der Waals surface area contributed by atoms with Crippen molar-refractivity contribution < 1.29 is 17.1 Å². The SMILES string of the molecule is CC1(C)c2[n-]c(c3ccccc23)-c2cn(-c3ccccc3)c(n2)C(C)(C)c2nc(cn2-c2ccccc2)-c2[n-]c1c1ccccc21.[Cu+2]. The maximum atomic E-state index is 5.44. The number of fused-ring (bicyclic) bond motifs is 16. The second kappa shape index (κ2) is 10.5. The van der Waals surface area contributed by atoms with Crippen molar-refractivity contribution in [2.24, 2.45) is 0 Å². The predicted octanol–water partition coefficient (Wildman–Crippen LogP) is 8.58. The van der Waals surface area contributed by atoms with Crippen molar-refractivity contribution in [3.63, 3.8) is 0 Å². The van der Waals surface area contributed by atoms with Crippen molar-refractivity contribution in [2.45, 2.75) is 38.5 Å². The van der Waals surface area contributed by atoms with Gasteiger partial charge in [0.25, 0.3) is 0 Å². The fourth-order valence-corrected chi connectivity index (χ4v) is 7.25. The van der Waals surface area contributed by atoms with E-state index in [1.807, 2.05) is 12.1 Å². The molecule has 6 nitrogen and oxygen atoms in total. The first-order valence-electron chi connectivity index (χ1n) is 15.8. The molecule has 4 aromatic carbocycles. The molecule has 0 saturated heterocycles. The molecule has 5 heterocycles. The van der Waals surface area contributed by atoms with Gasteiger partial charge < -0.3 is 19.1 Å². The Morgan fingerprint density at radius 2 is 0.830 bits per heavy atom. The van der Waals surface area contributed by atoms with Gasteiger partial charge in [0.1, 0.15) is 11.6 Å². The Morgan fingerprint density at radius 3 is 1.23 bits per heavy atom. The summed E-state index contributed by atoms with van der Waals surface area (Å²) in [6.45, 7) is 8.90. The van der Waals surface area contributed by atoms with E-state index in [-0.39, 0.29) is 17.1 Å². The average molecular weight is 660 g/mol. The minimum absolute atomic E-state index is 0. The van der Waals surface area contributed by atoms with E-state index >= 15 is 0 Å². The first-order chi connectivity index (χ1) is 22.3. The van der Waals surface area contributed by atoms with E-state index in [9.17, 15) is 0 Å². The van der Waals surface area contributed by atoms with E-state index in [0.29, 0.717) is 0 Å². The number of para-hydroxylation sites is 2. The number of rotatable bonds is 2. The van der Waals surface area contributed by atoms with Gasteiger partial charge in [-0.1, -0.05) is 98.8 Å². The van der Waals surface area contributed by atoms with E-state index in [2.05, 4.69) is 146 Å². The molecular weight excluding hydrogens is 628 g/mol. The summed E-state index contributed by atoms with van der Waals surface area (Å²) in [5.41, 5.74) is 6.37. The minimum Gasteiger partial charge on any atom is -0.658 e. The molecule has 8 aromatic rings. The first kappa shape index (κ1) is 29.3. The summed E-state index contributed by atoms with van der Waals surface area (Å²) in [4.78, 5) is 21.8. The Hall–Kier alpha value is -5.10. The summed E-state index contributed by atoms with van der Waals surface area (Å²) >= 11 is 0. The molecule has 0 amide bonds. The van der Waals surface area contributed by atoms with E-state index in [1.54, 1.807) is 0 Å². The summed E-state index contributed by atoms with van der Waals surface area (Å²) in [6.07, 6.45) is 4.28. The monoisotopic (exact) mass is 659 g/mol. The molecule has 4 aromatic heterocycles. The molecule has 1 aliphatic rings. The summed E-state index contributed by atoms with van der Waals surface area (Å²) in [5, 5.41) is 4.42. The van der Waals surface area contributed by atoms with E-state index in [0.717, 1.165) is 78.7 Å². The van der Waals surface area contributed by atoms with Crippen molar-refractivity contribution in [1.82, 2.24) is 29.1 Å². The zero-order valence-corrected chi connectivity index (χ0v) is 27.5. The van der Waals surface area contributed by atoms with Crippen molar-refractivity contribution in [3.8, 4) is 34.2 Å². The molecule has 0 spiro atoms. The summed E-state index contributed by atoms with van der Waals surface area (Å²) < 4.78 is 4.42. The number of benzene rings is 4. The van der Waals surface area contributed by atoms with Gasteiger partial charge >= 0.3 is 17.1 Å². The molecule has 8 bridgehead atoms. The molecule has 1 aliphatic heterocycles. The van der Waals surface area contributed by atoms with Crippen LogP contribution in [0.5, 0.6) is 0 Å². The second-order valence-electron chi connectivity index (χ2n) is 13.3. The zero-order chi connectivity index (χ0) is 31.2. The third-order valence-electron chi connectivity index (χ3n) is 9.59. The third kappa shape index (κ3) is 4.23. The van der Waals surface area contributed by atoms with Crippen molar-refractivity contribution in [3.05, 3.63) is 145 Å². The number of aromatic nitrogens is 6. The molecule has 7 heteroatoms. The number of hydrogen-bond acceptors (Lipinski definition) is 2.